The van der Waals surface area contributed by atoms with Gasteiger partial charge in [-0.15, -0.1) is 0 Å². The zero-order chi connectivity index (χ0) is 14.0. The van der Waals surface area contributed by atoms with Gasteiger partial charge in [0.25, 0.3) is 0 Å². The summed E-state index contributed by atoms with van der Waals surface area (Å²) in [6.45, 7) is 2.58. The van der Waals surface area contributed by atoms with Crippen molar-refractivity contribution in [1.29, 1.82) is 0 Å². The van der Waals surface area contributed by atoms with Gasteiger partial charge in [-0.05, 0) is 74.6 Å². The Labute approximate surface area is 128 Å². The topological polar surface area (TPSA) is 6.48 Å². The second kappa shape index (κ2) is 4.49. The van der Waals surface area contributed by atoms with Crippen LogP contribution >= 0.6 is 0 Å². The molecule has 2 aliphatic carbocycles. The van der Waals surface area contributed by atoms with Crippen LogP contribution in [0.3, 0.4) is 0 Å². The Morgan fingerprint density at radius 1 is 1.05 bits per heavy atom. The van der Waals surface area contributed by atoms with E-state index in [1.165, 1.54) is 51.6 Å². The van der Waals surface area contributed by atoms with E-state index >= 15 is 0 Å². The molecule has 0 N–H and O–H groups in total. The number of hydrogen-bond donors (Lipinski definition) is 0. The van der Waals surface area contributed by atoms with Crippen LogP contribution in [-0.2, 0) is 0 Å². The lowest BCUT2D eigenvalue weighted by atomic mass is 9.74. The minimum Gasteiger partial charge on any atom is -0.368 e. The fraction of sp³-hybridized carbons (Fsp3) is 0.684. The lowest BCUT2D eigenvalue weighted by molar-refractivity contribution is 0.146. The highest BCUT2D eigenvalue weighted by atomic mass is 15.2. The Bertz CT molecular complexity index is 567. The largest absolute Gasteiger partial charge is 0.368 e. The molecule has 2 nitrogen and oxygen atoms in total. The highest BCUT2D eigenvalue weighted by Gasteiger charge is 2.41. The number of benzene rings is 1. The monoisotopic (exact) mass is 282 g/mol. The second-order valence-corrected chi connectivity index (χ2v) is 7.82. The standard InChI is InChI=1S/C19H26N2/c1-20-12-14-6-8-17(20)16-3-2-4-18(19(14)16)21-10-9-13-5-7-15(21)11-13/h2-4,13-15,17H,5-12H2,1H3. The van der Waals surface area contributed by atoms with E-state index in [0.29, 0.717) is 6.04 Å². The van der Waals surface area contributed by atoms with E-state index in [1.807, 2.05) is 0 Å². The normalized spacial score (nSPS) is 37.9. The Morgan fingerprint density at radius 2 is 2.00 bits per heavy atom. The number of nitrogens with zero attached hydrogens (tertiary/aromatic N) is 2. The summed E-state index contributed by atoms with van der Waals surface area (Å²) < 4.78 is 0. The van der Waals surface area contributed by atoms with E-state index in [0.717, 1.165) is 17.9 Å². The lowest BCUT2D eigenvalue weighted by Gasteiger charge is -2.48. The van der Waals surface area contributed by atoms with Crippen molar-refractivity contribution in [2.45, 2.75) is 56.5 Å². The lowest BCUT2D eigenvalue weighted by Crippen LogP contribution is -2.43. The molecule has 1 saturated carbocycles. The molecule has 4 unspecified atom stereocenters. The van der Waals surface area contributed by atoms with E-state index in [2.05, 4.69) is 35.0 Å². The number of anilines is 1. The van der Waals surface area contributed by atoms with Gasteiger partial charge in [-0.25, -0.2) is 0 Å². The highest BCUT2D eigenvalue weighted by molar-refractivity contribution is 5.62. The minimum atomic E-state index is 0.686. The number of piperidine rings is 2. The molecule has 1 aromatic carbocycles. The molecule has 0 radical (unpaired) electrons. The summed E-state index contributed by atoms with van der Waals surface area (Å²) >= 11 is 0. The first kappa shape index (κ1) is 12.5. The summed E-state index contributed by atoms with van der Waals surface area (Å²) in [5.41, 5.74) is 5.00. The molecule has 21 heavy (non-hydrogen) atoms. The van der Waals surface area contributed by atoms with Crippen molar-refractivity contribution < 1.29 is 0 Å². The van der Waals surface area contributed by atoms with Crippen molar-refractivity contribution in [3.8, 4) is 0 Å². The molecular weight excluding hydrogens is 256 g/mol. The molecule has 0 spiro atoms. The van der Waals surface area contributed by atoms with Crippen molar-refractivity contribution >= 4 is 5.69 Å². The predicted octanol–water partition coefficient (Wildman–Crippen LogP) is 3.93. The van der Waals surface area contributed by atoms with Crippen LogP contribution in [-0.4, -0.2) is 31.1 Å². The maximum absolute atomic E-state index is 2.79. The Hall–Kier alpha value is -1.02. The molecule has 4 bridgehead atoms. The summed E-state index contributed by atoms with van der Waals surface area (Å²) in [4.78, 5) is 5.38. The molecule has 3 heterocycles. The van der Waals surface area contributed by atoms with Gasteiger partial charge in [0, 0.05) is 30.9 Å². The molecule has 2 heteroatoms. The minimum absolute atomic E-state index is 0.686. The molecule has 2 saturated heterocycles. The molecule has 112 valence electrons. The summed E-state index contributed by atoms with van der Waals surface area (Å²) in [5, 5.41) is 0. The van der Waals surface area contributed by atoms with Crippen molar-refractivity contribution in [2.75, 3.05) is 25.0 Å². The Balaban J connectivity index is 1.59. The van der Waals surface area contributed by atoms with Gasteiger partial charge in [-0.1, -0.05) is 12.1 Å². The average Bonchev–Trinajstić information content (AvgIpc) is 2.89. The van der Waals surface area contributed by atoms with Crippen LogP contribution in [0.4, 0.5) is 5.69 Å². The zero-order valence-corrected chi connectivity index (χ0v) is 13.1. The summed E-state index contributed by atoms with van der Waals surface area (Å²) in [6, 6.07) is 8.69. The summed E-state index contributed by atoms with van der Waals surface area (Å²) in [6.07, 6.45) is 8.56. The van der Waals surface area contributed by atoms with Crippen LogP contribution in [0.1, 0.15) is 61.6 Å². The van der Waals surface area contributed by atoms with Crippen LogP contribution < -0.4 is 4.90 Å². The predicted molar refractivity (Wildman–Crippen MR) is 86.9 cm³/mol. The van der Waals surface area contributed by atoms with Crippen LogP contribution in [0.25, 0.3) is 0 Å². The van der Waals surface area contributed by atoms with Crippen molar-refractivity contribution in [3.05, 3.63) is 29.3 Å². The van der Waals surface area contributed by atoms with Gasteiger partial charge in [0.15, 0.2) is 0 Å². The first-order chi connectivity index (χ1) is 10.3. The van der Waals surface area contributed by atoms with Crippen LogP contribution in [0.2, 0.25) is 0 Å². The zero-order valence-electron chi connectivity index (χ0n) is 13.1. The fourth-order valence-corrected chi connectivity index (χ4v) is 5.75. The third-order valence-electron chi connectivity index (χ3n) is 6.76. The Kier molecular flexibility index (Phi) is 2.67. The van der Waals surface area contributed by atoms with Gasteiger partial charge in [-0.2, -0.15) is 0 Å². The van der Waals surface area contributed by atoms with E-state index < -0.39 is 0 Å². The number of hydrogen-bond acceptors (Lipinski definition) is 2. The van der Waals surface area contributed by atoms with Crippen LogP contribution in [0, 0.1) is 5.92 Å². The molecule has 0 aromatic heterocycles. The van der Waals surface area contributed by atoms with Crippen LogP contribution in [0.5, 0.6) is 0 Å². The first-order valence-corrected chi connectivity index (χ1v) is 8.91. The third-order valence-corrected chi connectivity index (χ3v) is 6.76. The second-order valence-electron chi connectivity index (χ2n) is 7.82. The molecule has 1 aromatic rings. The van der Waals surface area contributed by atoms with E-state index in [4.69, 9.17) is 0 Å². The van der Waals surface area contributed by atoms with Gasteiger partial charge in [0.2, 0.25) is 0 Å². The summed E-state index contributed by atoms with van der Waals surface area (Å²) in [5.74, 6) is 1.82. The van der Waals surface area contributed by atoms with E-state index in [9.17, 15) is 0 Å². The fourth-order valence-electron chi connectivity index (χ4n) is 5.75. The van der Waals surface area contributed by atoms with Gasteiger partial charge in [-0.3, -0.25) is 4.90 Å². The average molecular weight is 282 g/mol. The van der Waals surface area contributed by atoms with Crippen molar-refractivity contribution in [3.63, 3.8) is 0 Å². The third kappa shape index (κ3) is 1.75. The molecule has 5 aliphatic rings. The number of likely N-dealkylation sites (N-methyl/N-ethyl adjacent to an activating group) is 1. The highest BCUT2D eigenvalue weighted by Crippen LogP contribution is 2.51. The quantitative estimate of drug-likeness (QED) is 0.770. The molecule has 3 fully saturated rings. The van der Waals surface area contributed by atoms with E-state index in [-0.39, 0.29) is 0 Å². The molecule has 3 aliphatic heterocycles. The molecule has 0 amide bonds. The first-order valence-electron chi connectivity index (χ1n) is 8.91. The Morgan fingerprint density at radius 3 is 2.90 bits per heavy atom. The van der Waals surface area contributed by atoms with Gasteiger partial charge >= 0.3 is 0 Å². The van der Waals surface area contributed by atoms with E-state index in [1.54, 1.807) is 16.8 Å². The van der Waals surface area contributed by atoms with Crippen molar-refractivity contribution in [2.24, 2.45) is 5.92 Å². The maximum atomic E-state index is 2.79. The SMILES string of the molecule is CN1CC2CCC1c1cccc(N3CCC4CCC3C4)c12. The van der Waals surface area contributed by atoms with Gasteiger partial charge < -0.3 is 4.90 Å². The summed E-state index contributed by atoms with van der Waals surface area (Å²) in [7, 11) is 2.31. The maximum Gasteiger partial charge on any atom is 0.0407 e. The number of fused-ring (bicyclic) bond motifs is 4. The van der Waals surface area contributed by atoms with Crippen molar-refractivity contribution in [1.82, 2.24) is 4.90 Å². The number of rotatable bonds is 1. The van der Waals surface area contributed by atoms with Gasteiger partial charge in [0.1, 0.15) is 0 Å². The molecule has 6 rings (SSSR count). The van der Waals surface area contributed by atoms with Crippen LogP contribution in [0.15, 0.2) is 18.2 Å². The smallest absolute Gasteiger partial charge is 0.0407 e. The van der Waals surface area contributed by atoms with Gasteiger partial charge in [0.05, 0.1) is 0 Å². The molecular formula is C19H26N2. The molecule has 4 atom stereocenters.